The van der Waals surface area contributed by atoms with Crippen LogP contribution in [-0.2, 0) is 16.1 Å². The molecule has 7 heteroatoms. The fraction of sp³-hybridized carbons (Fsp3) is 0.650. The van der Waals surface area contributed by atoms with Crippen LogP contribution in [0.25, 0.3) is 0 Å². The zero-order chi connectivity index (χ0) is 20.0. The Balaban J connectivity index is 2.12. The van der Waals surface area contributed by atoms with Crippen LogP contribution in [0.5, 0.6) is 0 Å². The van der Waals surface area contributed by atoms with E-state index < -0.39 is 17.7 Å². The number of ether oxygens (including phenoxy) is 1. The molecule has 150 valence electrons. The summed E-state index contributed by atoms with van der Waals surface area (Å²) in [4.78, 5) is 29.3. The van der Waals surface area contributed by atoms with Crippen LogP contribution in [0.15, 0.2) is 18.3 Å². The molecule has 1 heterocycles. The number of nitrogens with one attached hydrogen (secondary N) is 2. The molecule has 0 unspecified atom stereocenters. The molecule has 7 nitrogen and oxygen atoms in total. The number of anilines is 1. The van der Waals surface area contributed by atoms with Gasteiger partial charge in [0.15, 0.2) is 0 Å². The minimum atomic E-state index is -0.688. The monoisotopic (exact) mass is 377 g/mol. The van der Waals surface area contributed by atoms with Crippen LogP contribution in [-0.4, -0.2) is 33.7 Å². The summed E-state index contributed by atoms with van der Waals surface area (Å²) in [6, 6.07) is 2.60. The lowest BCUT2D eigenvalue weighted by Gasteiger charge is -2.32. The molecule has 1 atom stereocenters. The van der Waals surface area contributed by atoms with E-state index in [4.69, 9.17) is 4.74 Å². The number of carbonyl (C=O) groups excluding carboxylic acids is 2. The number of aliphatic hydroxyl groups is 1. The van der Waals surface area contributed by atoms with Crippen molar-refractivity contribution in [3.63, 3.8) is 0 Å². The van der Waals surface area contributed by atoms with Crippen LogP contribution in [0.1, 0.15) is 58.9 Å². The maximum atomic E-state index is 12.9. The van der Waals surface area contributed by atoms with Crippen molar-refractivity contribution in [2.45, 2.75) is 71.6 Å². The van der Waals surface area contributed by atoms with Crippen LogP contribution >= 0.6 is 0 Å². The van der Waals surface area contributed by atoms with Gasteiger partial charge in [0, 0.05) is 6.20 Å². The molecule has 0 spiro atoms. The second kappa shape index (κ2) is 9.17. The van der Waals surface area contributed by atoms with Crippen LogP contribution in [0.3, 0.4) is 0 Å². The first-order valence-corrected chi connectivity index (χ1v) is 9.54. The third-order valence-electron chi connectivity index (χ3n) is 4.74. The molecule has 2 rings (SSSR count). The Morgan fingerprint density at radius 2 is 1.96 bits per heavy atom. The molecule has 0 saturated heterocycles. The Morgan fingerprint density at radius 1 is 1.30 bits per heavy atom. The fourth-order valence-electron chi connectivity index (χ4n) is 3.30. The Hall–Kier alpha value is -2.15. The second-order valence-electron chi connectivity index (χ2n) is 8.34. The minimum Gasteiger partial charge on any atom is -0.444 e. The van der Waals surface area contributed by atoms with Gasteiger partial charge in [-0.3, -0.25) is 4.79 Å². The number of aromatic nitrogens is 1. The molecule has 0 radical (unpaired) electrons. The molecule has 0 aromatic carbocycles. The molecule has 1 aliphatic carbocycles. The lowest BCUT2D eigenvalue weighted by Crippen LogP contribution is -2.50. The zero-order valence-corrected chi connectivity index (χ0v) is 16.6. The number of amides is 2. The van der Waals surface area contributed by atoms with Crippen molar-refractivity contribution in [3.8, 4) is 0 Å². The molecule has 2 amide bonds. The van der Waals surface area contributed by atoms with Crippen LogP contribution in [0.2, 0.25) is 0 Å². The number of nitrogens with zero attached hydrogens (tertiary/aromatic N) is 1. The zero-order valence-electron chi connectivity index (χ0n) is 16.6. The highest BCUT2D eigenvalue weighted by Gasteiger charge is 2.33. The highest BCUT2D eigenvalue weighted by atomic mass is 16.6. The summed E-state index contributed by atoms with van der Waals surface area (Å²) >= 11 is 0. The number of alkyl carbamates (subject to hydrolysis) is 1. The second-order valence-corrected chi connectivity index (χ2v) is 8.34. The topological polar surface area (TPSA) is 101 Å². The Morgan fingerprint density at radius 3 is 2.56 bits per heavy atom. The minimum absolute atomic E-state index is 0.0507. The molecule has 0 aliphatic heterocycles. The van der Waals surface area contributed by atoms with E-state index in [0.717, 1.165) is 25.7 Å². The number of carbonyl (C=O) groups is 2. The van der Waals surface area contributed by atoms with E-state index in [2.05, 4.69) is 22.5 Å². The molecule has 1 aromatic heterocycles. The maximum absolute atomic E-state index is 12.9. The van der Waals surface area contributed by atoms with Gasteiger partial charge in [0.1, 0.15) is 17.5 Å². The number of aliphatic hydroxyl groups excluding tert-OH is 1. The van der Waals surface area contributed by atoms with Gasteiger partial charge in [-0.2, -0.15) is 0 Å². The van der Waals surface area contributed by atoms with Crippen molar-refractivity contribution in [2.24, 2.45) is 11.8 Å². The summed E-state index contributed by atoms with van der Waals surface area (Å²) < 4.78 is 5.34. The van der Waals surface area contributed by atoms with Gasteiger partial charge in [0.25, 0.3) is 0 Å². The highest BCUT2D eigenvalue weighted by Crippen LogP contribution is 2.31. The van der Waals surface area contributed by atoms with Crippen LogP contribution < -0.4 is 10.6 Å². The first-order valence-electron chi connectivity index (χ1n) is 9.54. The Bertz CT molecular complexity index is 649. The Labute approximate surface area is 160 Å². The Kier molecular flexibility index (Phi) is 7.18. The summed E-state index contributed by atoms with van der Waals surface area (Å²) in [7, 11) is 0. The van der Waals surface area contributed by atoms with Gasteiger partial charge in [-0.25, -0.2) is 9.78 Å². The third-order valence-corrected chi connectivity index (χ3v) is 4.74. The van der Waals surface area contributed by atoms with Crippen molar-refractivity contribution < 1.29 is 19.4 Å². The van der Waals surface area contributed by atoms with Crippen LogP contribution in [0, 0.1) is 11.8 Å². The first-order chi connectivity index (χ1) is 12.7. The highest BCUT2D eigenvalue weighted by molar-refractivity contribution is 5.96. The van der Waals surface area contributed by atoms with Gasteiger partial charge in [-0.15, -0.1) is 0 Å². The molecule has 1 aromatic rings. The third kappa shape index (κ3) is 6.82. The maximum Gasteiger partial charge on any atom is 0.408 e. The number of hydrogen-bond donors (Lipinski definition) is 3. The van der Waals surface area contributed by atoms with E-state index >= 15 is 0 Å². The molecule has 1 fully saturated rings. The standard InChI is InChI=1S/C20H31N3O4/c1-13-5-7-15(8-6-13)17(23-19(26)27-20(2,3)4)18(25)22-16-11-14(12-24)9-10-21-16/h9-11,13,15,17,24H,5-8,12H2,1-4H3,(H,23,26)(H,21,22,25)/t13?,15?,17-/m0/s1. The normalized spacial score (nSPS) is 21.2. The lowest BCUT2D eigenvalue weighted by atomic mass is 9.79. The summed E-state index contributed by atoms with van der Waals surface area (Å²) in [6.45, 7) is 7.43. The van der Waals surface area contributed by atoms with E-state index in [0.29, 0.717) is 17.3 Å². The number of pyridine rings is 1. The molecule has 0 bridgehead atoms. The van der Waals surface area contributed by atoms with E-state index in [1.165, 1.54) is 6.20 Å². The van der Waals surface area contributed by atoms with Gasteiger partial charge in [0.2, 0.25) is 5.91 Å². The van der Waals surface area contributed by atoms with Crippen molar-refractivity contribution in [2.75, 3.05) is 5.32 Å². The van der Waals surface area contributed by atoms with Gasteiger partial charge in [-0.1, -0.05) is 19.8 Å². The smallest absolute Gasteiger partial charge is 0.408 e. The average molecular weight is 377 g/mol. The largest absolute Gasteiger partial charge is 0.444 e. The van der Waals surface area contributed by atoms with E-state index in [1.807, 2.05) is 0 Å². The summed E-state index contributed by atoms with van der Waals surface area (Å²) in [5.41, 5.74) is 0.0203. The van der Waals surface area contributed by atoms with Gasteiger partial charge < -0.3 is 20.5 Å². The summed E-state index contributed by atoms with van der Waals surface area (Å²) in [5.74, 6) is 0.721. The van der Waals surface area contributed by atoms with Gasteiger partial charge in [0.05, 0.1) is 6.61 Å². The molecule has 1 aliphatic rings. The lowest BCUT2D eigenvalue weighted by molar-refractivity contribution is -0.119. The molecular formula is C20H31N3O4. The van der Waals surface area contributed by atoms with Gasteiger partial charge in [-0.05, 0) is 63.1 Å². The number of rotatable bonds is 5. The molecule has 1 saturated carbocycles. The van der Waals surface area contributed by atoms with Crippen LogP contribution in [0.4, 0.5) is 10.6 Å². The van der Waals surface area contributed by atoms with Gasteiger partial charge >= 0.3 is 6.09 Å². The predicted octanol–water partition coefficient (Wildman–Crippen LogP) is 3.23. The number of hydrogen-bond acceptors (Lipinski definition) is 5. The first kappa shape index (κ1) is 21.2. The predicted molar refractivity (Wildman–Crippen MR) is 103 cm³/mol. The van der Waals surface area contributed by atoms with E-state index in [9.17, 15) is 14.7 Å². The summed E-state index contributed by atoms with van der Waals surface area (Å²) in [5, 5.41) is 14.8. The quantitative estimate of drug-likeness (QED) is 0.731. The van der Waals surface area contributed by atoms with Crippen molar-refractivity contribution in [3.05, 3.63) is 23.9 Å². The van der Waals surface area contributed by atoms with Crippen molar-refractivity contribution >= 4 is 17.8 Å². The van der Waals surface area contributed by atoms with Crippen molar-refractivity contribution in [1.29, 1.82) is 0 Å². The van der Waals surface area contributed by atoms with E-state index in [1.54, 1.807) is 32.9 Å². The molecule has 3 N–H and O–H groups in total. The van der Waals surface area contributed by atoms with Crippen molar-refractivity contribution in [1.82, 2.24) is 10.3 Å². The van der Waals surface area contributed by atoms with E-state index in [-0.39, 0.29) is 18.4 Å². The summed E-state index contributed by atoms with van der Waals surface area (Å²) in [6.07, 6.45) is 4.74. The molecule has 27 heavy (non-hydrogen) atoms. The molecular weight excluding hydrogens is 346 g/mol. The average Bonchev–Trinajstić information content (AvgIpc) is 2.59. The fourth-order valence-corrected chi connectivity index (χ4v) is 3.30. The SMILES string of the molecule is CC1CCC([C@H](NC(=O)OC(C)(C)C)C(=O)Nc2cc(CO)ccn2)CC1.